The number of quaternary nitrogens is 1. The van der Waals surface area contributed by atoms with Crippen molar-refractivity contribution in [2.75, 3.05) is 12.8 Å². The average Bonchev–Trinajstić information content (AvgIpc) is 2.72. The van der Waals surface area contributed by atoms with Crippen molar-refractivity contribution in [1.29, 1.82) is 0 Å². The summed E-state index contributed by atoms with van der Waals surface area (Å²) in [4.78, 5) is 1.56. The van der Waals surface area contributed by atoms with Crippen molar-refractivity contribution in [3.8, 4) is 0 Å². The summed E-state index contributed by atoms with van der Waals surface area (Å²) in [7, 11) is -3.92. The molecule has 5 heteroatoms. The molecule has 0 aliphatic carbocycles. The topological polar surface area (TPSA) is 61.6 Å². The highest BCUT2D eigenvalue weighted by Gasteiger charge is 2.10. The minimum Gasteiger partial charge on any atom is -0.748 e. The molecule has 0 saturated carbocycles. The Kier molecular flexibility index (Phi) is 10.7. The molecule has 1 unspecified atom stereocenters. The normalized spacial score (nSPS) is 17.6. The van der Waals surface area contributed by atoms with Gasteiger partial charge in [-0.3, -0.25) is 4.90 Å². The summed E-state index contributed by atoms with van der Waals surface area (Å²) < 4.78 is 27.2. The second kappa shape index (κ2) is 11.1. The highest BCUT2D eigenvalue weighted by atomic mass is 32.2. The van der Waals surface area contributed by atoms with Crippen LogP contribution in [0.1, 0.15) is 58.8 Å². The number of rotatable bonds is 8. The van der Waals surface area contributed by atoms with E-state index in [1.807, 2.05) is 0 Å². The lowest BCUT2D eigenvalue weighted by atomic mass is 10.1. The van der Waals surface area contributed by atoms with Crippen LogP contribution < -0.4 is 4.90 Å². The minimum absolute atomic E-state index is 0.604. The van der Waals surface area contributed by atoms with Gasteiger partial charge >= 0.3 is 0 Å². The van der Waals surface area contributed by atoms with Crippen molar-refractivity contribution in [1.82, 2.24) is 0 Å². The molecule has 0 bridgehead atoms. The fourth-order valence-corrected chi connectivity index (χ4v) is 2.10. The average molecular weight is 303 g/mol. The number of allylic oxidation sites excluding steroid dienone is 3. The third-order valence-electron chi connectivity index (χ3n) is 3.20. The maximum Gasteiger partial charge on any atom is 0.109 e. The van der Waals surface area contributed by atoms with Gasteiger partial charge in [0.1, 0.15) is 5.70 Å². The van der Waals surface area contributed by atoms with Gasteiger partial charge in [-0.05, 0) is 25.0 Å². The molecule has 0 aromatic heterocycles. The Morgan fingerprint density at radius 1 is 1.10 bits per heavy atom. The van der Waals surface area contributed by atoms with Gasteiger partial charge in [-0.2, -0.15) is 0 Å². The largest absolute Gasteiger partial charge is 0.748 e. The zero-order valence-electron chi connectivity index (χ0n) is 13.0. The molecule has 1 atom stereocenters. The first-order valence-corrected chi connectivity index (χ1v) is 9.28. The first-order chi connectivity index (χ1) is 9.34. The van der Waals surface area contributed by atoms with Crippen LogP contribution in [0.4, 0.5) is 0 Å². The Hall–Kier alpha value is -0.650. The molecular weight excluding hydrogens is 274 g/mol. The Morgan fingerprint density at radius 3 is 2.05 bits per heavy atom. The number of hydrogen-bond acceptors (Lipinski definition) is 3. The number of nitrogens with one attached hydrogen (secondary N) is 1. The summed E-state index contributed by atoms with van der Waals surface area (Å²) in [5, 5.41) is 0. The molecule has 0 spiro atoms. The molecule has 118 valence electrons. The zero-order chi connectivity index (χ0) is 15.4. The van der Waals surface area contributed by atoms with E-state index in [0.717, 1.165) is 0 Å². The molecule has 0 saturated heterocycles. The SMILES string of the molecule is CCCCCCCCC[NH+]1C=CC=C1C.CS(=O)(=O)[O-]. The monoisotopic (exact) mass is 303 g/mol. The van der Waals surface area contributed by atoms with Crippen LogP contribution in [0.2, 0.25) is 0 Å². The van der Waals surface area contributed by atoms with Crippen LogP contribution in [-0.2, 0) is 10.1 Å². The van der Waals surface area contributed by atoms with E-state index in [9.17, 15) is 0 Å². The molecule has 0 aromatic carbocycles. The van der Waals surface area contributed by atoms with Gasteiger partial charge in [-0.1, -0.05) is 39.0 Å². The van der Waals surface area contributed by atoms with E-state index in [1.54, 1.807) is 4.90 Å². The van der Waals surface area contributed by atoms with Crippen LogP contribution in [0.3, 0.4) is 0 Å². The van der Waals surface area contributed by atoms with E-state index >= 15 is 0 Å². The lowest BCUT2D eigenvalue weighted by molar-refractivity contribution is -0.802. The fourth-order valence-electron chi connectivity index (χ4n) is 2.10. The molecule has 0 aromatic rings. The van der Waals surface area contributed by atoms with E-state index in [4.69, 9.17) is 13.0 Å². The maximum absolute atomic E-state index is 9.08. The lowest BCUT2D eigenvalue weighted by Gasteiger charge is -2.10. The Morgan fingerprint density at radius 2 is 1.60 bits per heavy atom. The Bertz CT molecular complexity index is 391. The first-order valence-electron chi connectivity index (χ1n) is 7.46. The van der Waals surface area contributed by atoms with Crippen LogP contribution in [0.15, 0.2) is 24.0 Å². The zero-order valence-corrected chi connectivity index (χ0v) is 13.8. The van der Waals surface area contributed by atoms with Gasteiger partial charge in [-0.25, -0.2) is 8.42 Å². The van der Waals surface area contributed by atoms with Crippen LogP contribution in [0, 0.1) is 0 Å². The molecule has 0 radical (unpaired) electrons. The first kappa shape index (κ1) is 19.4. The summed E-state index contributed by atoms with van der Waals surface area (Å²) >= 11 is 0. The summed E-state index contributed by atoms with van der Waals surface area (Å²) in [6.07, 6.45) is 17.1. The lowest BCUT2D eigenvalue weighted by Crippen LogP contribution is -3.04. The maximum atomic E-state index is 9.08. The van der Waals surface area contributed by atoms with Gasteiger partial charge in [0, 0.05) is 13.2 Å². The third-order valence-corrected chi connectivity index (χ3v) is 3.20. The summed E-state index contributed by atoms with van der Waals surface area (Å²) in [6.45, 7) is 5.78. The predicted molar refractivity (Wildman–Crippen MR) is 82.3 cm³/mol. The molecule has 1 rings (SSSR count). The molecule has 1 aliphatic heterocycles. The van der Waals surface area contributed by atoms with Crippen molar-refractivity contribution < 1.29 is 17.9 Å². The molecular formula is C15H29NO3S. The summed E-state index contributed by atoms with van der Waals surface area (Å²) in [5.41, 5.74) is 1.47. The quantitative estimate of drug-likeness (QED) is 0.552. The van der Waals surface area contributed by atoms with Crippen molar-refractivity contribution in [3.63, 3.8) is 0 Å². The van der Waals surface area contributed by atoms with Crippen molar-refractivity contribution in [2.45, 2.75) is 58.8 Å². The molecule has 1 aliphatic rings. The fraction of sp³-hybridized carbons (Fsp3) is 0.733. The molecule has 0 amide bonds. The highest BCUT2D eigenvalue weighted by molar-refractivity contribution is 7.84. The van der Waals surface area contributed by atoms with Crippen LogP contribution in [0.5, 0.6) is 0 Å². The van der Waals surface area contributed by atoms with E-state index < -0.39 is 10.1 Å². The number of hydrogen-bond donors (Lipinski definition) is 1. The molecule has 1 N–H and O–H groups in total. The summed E-state index contributed by atoms with van der Waals surface area (Å²) in [5.74, 6) is 0. The van der Waals surface area contributed by atoms with Gasteiger partial charge < -0.3 is 4.55 Å². The minimum atomic E-state index is -3.92. The second-order valence-corrected chi connectivity index (χ2v) is 6.72. The Balaban J connectivity index is 0.000000621. The van der Waals surface area contributed by atoms with Crippen LogP contribution in [0.25, 0.3) is 0 Å². The van der Waals surface area contributed by atoms with Crippen LogP contribution >= 0.6 is 0 Å². The van der Waals surface area contributed by atoms with Gasteiger partial charge in [0.2, 0.25) is 0 Å². The Labute approximate surface area is 124 Å². The smallest absolute Gasteiger partial charge is 0.109 e. The molecule has 1 heterocycles. The van der Waals surface area contributed by atoms with Gasteiger partial charge in [-0.15, -0.1) is 0 Å². The molecule has 0 fully saturated rings. The molecule has 4 nitrogen and oxygen atoms in total. The van der Waals surface area contributed by atoms with Crippen molar-refractivity contribution in [2.24, 2.45) is 0 Å². The van der Waals surface area contributed by atoms with Gasteiger partial charge in [0.15, 0.2) is 0 Å². The van der Waals surface area contributed by atoms with Crippen LogP contribution in [-0.4, -0.2) is 25.8 Å². The third kappa shape index (κ3) is 13.8. The predicted octanol–water partition coefficient (Wildman–Crippen LogP) is 2.21. The highest BCUT2D eigenvalue weighted by Crippen LogP contribution is 2.06. The molecule has 20 heavy (non-hydrogen) atoms. The second-order valence-electron chi connectivity index (χ2n) is 5.31. The number of unbranched alkanes of at least 4 members (excludes halogenated alkanes) is 6. The summed E-state index contributed by atoms with van der Waals surface area (Å²) in [6, 6.07) is 0. The van der Waals surface area contributed by atoms with Gasteiger partial charge in [0.25, 0.3) is 0 Å². The van der Waals surface area contributed by atoms with Crippen molar-refractivity contribution in [3.05, 3.63) is 24.0 Å². The van der Waals surface area contributed by atoms with Gasteiger partial charge in [0.05, 0.1) is 22.9 Å². The van der Waals surface area contributed by atoms with E-state index in [1.165, 1.54) is 57.2 Å². The van der Waals surface area contributed by atoms with E-state index in [0.29, 0.717) is 6.26 Å². The van der Waals surface area contributed by atoms with E-state index in [-0.39, 0.29) is 0 Å². The van der Waals surface area contributed by atoms with Crippen molar-refractivity contribution >= 4 is 10.1 Å². The standard InChI is InChI=1S/C14H25N.CH4O3S/c1-3-4-5-6-7-8-9-12-15-13-10-11-14(15)2;1-5(2,3)4/h10-11,13H,3-9,12H2,1-2H3;1H3,(H,2,3,4). The van der Waals surface area contributed by atoms with E-state index in [2.05, 4.69) is 32.2 Å².